The third-order valence-electron chi connectivity index (χ3n) is 4.85. The normalized spacial score (nSPS) is 22.8. The van der Waals surface area contributed by atoms with Crippen molar-refractivity contribution in [2.24, 2.45) is 5.92 Å². The average molecular weight is 403 g/mol. The highest BCUT2D eigenvalue weighted by Crippen LogP contribution is 2.41. The second kappa shape index (κ2) is 9.18. The number of hydrogen-bond donors (Lipinski definition) is 0. The van der Waals surface area contributed by atoms with Gasteiger partial charge in [-0.15, -0.1) is 0 Å². The monoisotopic (exact) mass is 402 g/mol. The maximum Gasteiger partial charge on any atom is 0.323 e. The first kappa shape index (κ1) is 15.2. The first-order chi connectivity index (χ1) is 16.0. The third kappa shape index (κ3) is 4.32. The van der Waals surface area contributed by atoms with Gasteiger partial charge in [-0.1, -0.05) is 43.3 Å². The zero-order chi connectivity index (χ0) is 25.1. The number of benzene rings is 1. The van der Waals surface area contributed by atoms with Crippen molar-refractivity contribution in [3.63, 3.8) is 0 Å². The number of rotatable bonds is 8. The summed E-state index contributed by atoms with van der Waals surface area (Å²) in [6, 6.07) is 11.8. The molecule has 0 spiro atoms. The number of hydrogen-bond acceptors (Lipinski definition) is 6. The van der Waals surface area contributed by atoms with Gasteiger partial charge in [0, 0.05) is 31.6 Å². The lowest BCUT2D eigenvalue weighted by atomic mass is 9.66. The maximum atomic E-state index is 13.4. The van der Waals surface area contributed by atoms with Crippen LogP contribution >= 0.6 is 0 Å². The summed E-state index contributed by atoms with van der Waals surface area (Å²) >= 11 is 0. The Labute approximate surface area is 178 Å². The molecule has 1 aliphatic rings. The van der Waals surface area contributed by atoms with E-state index in [0.717, 1.165) is 12.7 Å². The van der Waals surface area contributed by atoms with E-state index in [1.54, 1.807) is 24.3 Å². The topological polar surface area (TPSA) is 74.7 Å². The Balaban J connectivity index is 2.11. The summed E-state index contributed by atoms with van der Waals surface area (Å²) in [5.41, 5.74) is -1.49. The van der Waals surface area contributed by atoms with E-state index in [1.807, 2.05) is 6.07 Å². The van der Waals surface area contributed by atoms with Gasteiger partial charge in [-0.2, -0.15) is 0 Å². The summed E-state index contributed by atoms with van der Waals surface area (Å²) in [6.07, 6.45) is -2.95. The lowest BCUT2D eigenvalue weighted by Gasteiger charge is -2.36. The molecule has 29 heavy (non-hydrogen) atoms. The van der Waals surface area contributed by atoms with Crippen LogP contribution < -0.4 is 4.74 Å². The minimum absolute atomic E-state index is 0.0151. The molecule has 0 amide bonds. The summed E-state index contributed by atoms with van der Waals surface area (Å²) < 4.78 is 57.8. The van der Waals surface area contributed by atoms with Gasteiger partial charge in [0.1, 0.15) is 0 Å². The summed E-state index contributed by atoms with van der Waals surface area (Å²) in [7, 11) is 2.44. The van der Waals surface area contributed by atoms with Crippen LogP contribution in [0, 0.1) is 5.92 Å². The Morgan fingerprint density at radius 2 is 2.03 bits per heavy atom. The molecule has 2 aromatic rings. The molecule has 1 aromatic heterocycles. The number of esters is 1. The van der Waals surface area contributed by atoms with Crippen LogP contribution in [-0.4, -0.2) is 37.6 Å². The smallest absolute Gasteiger partial charge is 0.323 e. The zero-order valence-electron chi connectivity index (χ0n) is 21.4. The Morgan fingerprint density at radius 1 is 1.24 bits per heavy atom. The summed E-state index contributed by atoms with van der Waals surface area (Å²) in [6.45, 7) is -3.40. The van der Waals surface area contributed by atoms with Crippen LogP contribution in [0.25, 0.3) is 0 Å². The van der Waals surface area contributed by atoms with Crippen LogP contribution in [0.1, 0.15) is 43.3 Å². The molecule has 6 nitrogen and oxygen atoms in total. The number of nitrogens with zero attached hydrogens (tertiary/aromatic N) is 1. The predicted octanol–water partition coefficient (Wildman–Crippen LogP) is 3.26. The first-order valence-corrected chi connectivity index (χ1v) is 9.28. The fourth-order valence-electron chi connectivity index (χ4n) is 3.46. The highest BCUT2D eigenvalue weighted by atomic mass is 16.5. The van der Waals surface area contributed by atoms with Crippen molar-refractivity contribution < 1.29 is 30.7 Å². The number of aromatic nitrogens is 1. The fraction of sp³-hybridized carbons (Fsp3) is 0.435. The molecule has 1 aromatic carbocycles. The molecule has 6 heteroatoms. The molecule has 0 bridgehead atoms. The molecule has 2 atom stereocenters. The number of carbonyl (C=O) groups is 2. The van der Waals surface area contributed by atoms with Gasteiger partial charge in [0.2, 0.25) is 5.88 Å². The quantitative estimate of drug-likeness (QED) is 0.498. The Bertz CT molecular complexity index is 1040. The van der Waals surface area contributed by atoms with Crippen LogP contribution in [0.4, 0.5) is 0 Å². The van der Waals surface area contributed by atoms with Crippen molar-refractivity contribution in [2.45, 2.75) is 38.1 Å². The Morgan fingerprint density at radius 3 is 2.72 bits per heavy atom. The average Bonchev–Trinajstić information content (AvgIpc) is 2.80. The van der Waals surface area contributed by atoms with E-state index in [4.69, 9.17) is 21.1 Å². The van der Waals surface area contributed by atoms with Crippen molar-refractivity contribution in [1.29, 1.82) is 0 Å². The Kier molecular flexibility index (Phi) is 4.80. The van der Waals surface area contributed by atoms with E-state index in [1.165, 1.54) is 19.2 Å². The second-order valence-electron chi connectivity index (χ2n) is 6.71. The molecule has 0 saturated carbocycles. The molecular formula is C23H27NO5. The number of carbonyl (C=O) groups excluding carboxylic acids is 2. The minimum Gasteiger partial charge on any atom is -0.481 e. The molecule has 0 saturated heterocycles. The van der Waals surface area contributed by atoms with Crippen molar-refractivity contribution in [3.05, 3.63) is 59.3 Å². The van der Waals surface area contributed by atoms with Gasteiger partial charge in [0.25, 0.3) is 0 Å². The SMILES string of the molecule is [2H]C([2H])([2H])C(COCc1ccccc1)C([2H])([2H])C1(C(=O)OC)C(=O)CCc2nc(OC)ccc21. The first-order valence-electron chi connectivity index (χ1n) is 11.8. The third-order valence-corrected chi connectivity index (χ3v) is 4.85. The number of fused-ring (bicyclic) bond motifs is 1. The van der Waals surface area contributed by atoms with E-state index >= 15 is 0 Å². The largest absolute Gasteiger partial charge is 0.481 e. The van der Waals surface area contributed by atoms with E-state index in [0.29, 0.717) is 0 Å². The number of ketones is 1. The van der Waals surface area contributed by atoms with Crippen LogP contribution in [0.3, 0.4) is 0 Å². The summed E-state index contributed by atoms with van der Waals surface area (Å²) in [5, 5.41) is 0. The highest BCUT2D eigenvalue weighted by molar-refractivity contribution is 6.10. The Hall–Kier alpha value is -2.73. The van der Waals surface area contributed by atoms with E-state index in [2.05, 4.69) is 4.98 Å². The number of Topliss-reactive ketones (excluding diaryl/α,β-unsaturated/α-hetero) is 1. The van der Waals surface area contributed by atoms with Crippen molar-refractivity contribution in [2.75, 3.05) is 20.8 Å². The summed E-state index contributed by atoms with van der Waals surface area (Å²) in [4.78, 5) is 30.9. The van der Waals surface area contributed by atoms with Crippen molar-refractivity contribution in [3.8, 4) is 5.88 Å². The van der Waals surface area contributed by atoms with Gasteiger partial charge in [-0.25, -0.2) is 4.98 Å². The highest BCUT2D eigenvalue weighted by Gasteiger charge is 2.52. The lowest BCUT2D eigenvalue weighted by Crippen LogP contribution is -2.49. The minimum atomic E-state index is -2.90. The van der Waals surface area contributed by atoms with Crippen molar-refractivity contribution >= 4 is 11.8 Å². The van der Waals surface area contributed by atoms with Crippen LogP contribution in [0.2, 0.25) is 0 Å². The predicted molar refractivity (Wildman–Crippen MR) is 108 cm³/mol. The van der Waals surface area contributed by atoms with Crippen LogP contribution in [-0.2, 0) is 37.5 Å². The molecule has 0 aliphatic heterocycles. The number of methoxy groups -OCH3 is 2. The van der Waals surface area contributed by atoms with Gasteiger partial charge in [-0.3, -0.25) is 9.59 Å². The zero-order valence-corrected chi connectivity index (χ0v) is 16.4. The van der Waals surface area contributed by atoms with Gasteiger partial charge < -0.3 is 14.2 Å². The number of ether oxygens (including phenoxy) is 3. The molecule has 0 N–H and O–H groups in total. The van der Waals surface area contributed by atoms with E-state index < -0.39 is 42.9 Å². The molecule has 0 fully saturated rings. The summed E-state index contributed by atoms with van der Waals surface area (Å²) in [5.74, 6) is -3.53. The molecule has 1 heterocycles. The van der Waals surface area contributed by atoms with Gasteiger partial charge in [-0.05, 0) is 29.8 Å². The van der Waals surface area contributed by atoms with Crippen LogP contribution in [0.5, 0.6) is 5.88 Å². The molecule has 0 radical (unpaired) electrons. The maximum absolute atomic E-state index is 13.4. The molecular weight excluding hydrogens is 370 g/mol. The van der Waals surface area contributed by atoms with Gasteiger partial charge >= 0.3 is 5.97 Å². The second-order valence-corrected chi connectivity index (χ2v) is 6.71. The molecule has 1 aliphatic carbocycles. The van der Waals surface area contributed by atoms with Crippen LogP contribution in [0.15, 0.2) is 42.5 Å². The molecule has 3 rings (SSSR count). The lowest BCUT2D eigenvalue weighted by molar-refractivity contribution is -0.153. The van der Waals surface area contributed by atoms with Gasteiger partial charge in [0.05, 0.1) is 20.8 Å². The molecule has 154 valence electrons. The fourth-order valence-corrected chi connectivity index (χ4v) is 3.46. The molecule has 2 unspecified atom stereocenters. The number of pyridine rings is 1. The van der Waals surface area contributed by atoms with Crippen molar-refractivity contribution in [1.82, 2.24) is 4.98 Å². The van der Waals surface area contributed by atoms with Gasteiger partial charge in [0.15, 0.2) is 11.2 Å². The van der Waals surface area contributed by atoms with E-state index in [9.17, 15) is 9.59 Å². The van der Waals surface area contributed by atoms with E-state index in [-0.39, 0.29) is 36.6 Å². The number of aryl methyl sites for hydroxylation is 1. The standard InChI is InChI=1S/C23H27NO5/c1-16(14-29-15-17-7-5-4-6-8-17)13-23(22(26)28-3)18-9-12-21(27-2)24-19(18)10-11-20(23)25/h4-9,12,16H,10-11,13-15H2,1-3H3/i1D3,13D2.